The van der Waals surface area contributed by atoms with Gasteiger partial charge in [-0.3, -0.25) is 9.11 Å². The number of hydrogen-bond acceptors (Lipinski definition) is 10. The van der Waals surface area contributed by atoms with Gasteiger partial charge in [-0.15, -0.1) is 10.2 Å². The first kappa shape index (κ1) is 24.2. The molecule has 4 aromatic rings. The SMILES string of the molecule is Cc1cc(S(=O)(=O)O)c2ccc(N=Nc3c(O)cc(S(=O)(=O)O)c4cc(N)ccc34)c(O)c2c1N. The van der Waals surface area contributed by atoms with Crippen LogP contribution < -0.4 is 11.5 Å². The number of nitrogen functional groups attached to an aromatic ring is 2. The summed E-state index contributed by atoms with van der Waals surface area (Å²) in [6.45, 7) is 1.49. The fourth-order valence-corrected chi connectivity index (χ4v) is 5.19. The molecule has 12 nitrogen and oxygen atoms in total. The van der Waals surface area contributed by atoms with E-state index >= 15 is 0 Å². The van der Waals surface area contributed by atoms with Crippen LogP contribution in [0.1, 0.15) is 5.56 Å². The highest BCUT2D eigenvalue weighted by Gasteiger charge is 2.22. The van der Waals surface area contributed by atoms with Crippen molar-refractivity contribution in [2.75, 3.05) is 11.5 Å². The predicted octanol–water partition coefficient (Wildman–Crippen LogP) is 3.79. The number of azo groups is 1. The van der Waals surface area contributed by atoms with E-state index in [-0.39, 0.29) is 49.9 Å². The summed E-state index contributed by atoms with van der Waals surface area (Å²) in [5, 5.41) is 29.0. The minimum Gasteiger partial charge on any atom is -0.506 e. The number of aromatic hydroxyl groups is 2. The van der Waals surface area contributed by atoms with Crippen molar-refractivity contribution in [3.63, 3.8) is 0 Å². The Morgan fingerprint density at radius 3 is 2.00 bits per heavy atom. The molecule has 0 aliphatic rings. The number of fused-ring (bicyclic) bond motifs is 2. The summed E-state index contributed by atoms with van der Waals surface area (Å²) in [6.07, 6.45) is 0. The van der Waals surface area contributed by atoms with E-state index in [9.17, 15) is 36.2 Å². The molecule has 0 heterocycles. The zero-order valence-electron chi connectivity index (χ0n) is 17.8. The summed E-state index contributed by atoms with van der Waals surface area (Å²) >= 11 is 0. The molecule has 0 spiro atoms. The number of phenols is 2. The topological polar surface area (TPSA) is 226 Å². The van der Waals surface area contributed by atoms with E-state index in [1.165, 1.54) is 43.3 Å². The van der Waals surface area contributed by atoms with Crippen LogP contribution in [0, 0.1) is 6.92 Å². The van der Waals surface area contributed by atoms with Crippen LogP contribution >= 0.6 is 0 Å². The molecule has 182 valence electrons. The number of rotatable bonds is 4. The molecule has 0 fully saturated rings. The van der Waals surface area contributed by atoms with Gasteiger partial charge in [0.25, 0.3) is 20.2 Å². The Morgan fingerprint density at radius 2 is 1.37 bits per heavy atom. The van der Waals surface area contributed by atoms with Crippen LogP contribution in [0.25, 0.3) is 21.5 Å². The van der Waals surface area contributed by atoms with Crippen LogP contribution in [0.4, 0.5) is 22.7 Å². The number of anilines is 2. The Hall–Kier alpha value is -3.98. The summed E-state index contributed by atoms with van der Waals surface area (Å²) in [4.78, 5) is -1.05. The zero-order valence-corrected chi connectivity index (χ0v) is 19.5. The van der Waals surface area contributed by atoms with Crippen molar-refractivity contribution in [2.45, 2.75) is 16.7 Å². The van der Waals surface area contributed by atoms with Crippen LogP contribution in [-0.2, 0) is 20.2 Å². The number of benzene rings is 4. The van der Waals surface area contributed by atoms with E-state index in [1.807, 2.05) is 0 Å². The van der Waals surface area contributed by atoms with Crippen LogP contribution in [0.3, 0.4) is 0 Å². The van der Waals surface area contributed by atoms with Crippen molar-refractivity contribution in [1.82, 2.24) is 0 Å². The second-order valence-corrected chi connectivity index (χ2v) is 10.4. The second kappa shape index (κ2) is 8.06. The van der Waals surface area contributed by atoms with Gasteiger partial charge in [-0.25, -0.2) is 0 Å². The number of aryl methyl sites for hydroxylation is 1. The third-order valence-corrected chi connectivity index (χ3v) is 7.14. The fourth-order valence-electron chi connectivity index (χ4n) is 3.70. The smallest absolute Gasteiger partial charge is 0.295 e. The Morgan fingerprint density at radius 1 is 0.771 bits per heavy atom. The first-order chi connectivity index (χ1) is 16.2. The van der Waals surface area contributed by atoms with Crippen LogP contribution in [0.5, 0.6) is 11.5 Å². The number of nitrogens with two attached hydrogens (primary N) is 2. The van der Waals surface area contributed by atoms with E-state index in [1.54, 1.807) is 0 Å². The van der Waals surface area contributed by atoms with Crippen molar-refractivity contribution in [2.24, 2.45) is 10.2 Å². The van der Waals surface area contributed by atoms with E-state index < -0.39 is 41.5 Å². The van der Waals surface area contributed by atoms with Gasteiger partial charge >= 0.3 is 0 Å². The Kier molecular flexibility index (Phi) is 5.56. The summed E-state index contributed by atoms with van der Waals surface area (Å²) in [5.74, 6) is -1.18. The number of nitrogens with zero attached hydrogens (tertiary/aromatic N) is 2. The summed E-state index contributed by atoms with van der Waals surface area (Å²) < 4.78 is 66.2. The Labute approximate surface area is 198 Å². The van der Waals surface area contributed by atoms with Crippen molar-refractivity contribution in [1.29, 1.82) is 0 Å². The van der Waals surface area contributed by atoms with E-state index in [0.29, 0.717) is 0 Å². The lowest BCUT2D eigenvalue weighted by molar-refractivity contribution is 0.468. The molecule has 0 atom stereocenters. The Bertz CT molecular complexity index is 1800. The van der Waals surface area contributed by atoms with Crippen molar-refractivity contribution >= 4 is 64.5 Å². The molecule has 0 unspecified atom stereocenters. The van der Waals surface area contributed by atoms with Crippen LogP contribution in [0.2, 0.25) is 0 Å². The molecular weight excluding hydrogens is 500 g/mol. The third-order valence-electron chi connectivity index (χ3n) is 5.35. The van der Waals surface area contributed by atoms with E-state index in [4.69, 9.17) is 11.5 Å². The predicted molar refractivity (Wildman–Crippen MR) is 129 cm³/mol. The first-order valence-corrected chi connectivity index (χ1v) is 12.5. The molecule has 0 aliphatic heterocycles. The molecule has 0 radical (unpaired) electrons. The third kappa shape index (κ3) is 4.19. The highest BCUT2D eigenvalue weighted by Crippen LogP contribution is 2.44. The maximum Gasteiger partial charge on any atom is 0.295 e. The highest BCUT2D eigenvalue weighted by molar-refractivity contribution is 7.86. The van der Waals surface area contributed by atoms with Crippen LogP contribution in [0.15, 0.2) is 62.5 Å². The minimum absolute atomic E-state index is 0.0281. The molecule has 0 amide bonds. The normalized spacial score (nSPS) is 12.7. The van der Waals surface area contributed by atoms with Gasteiger partial charge in [-0.05, 0) is 42.8 Å². The molecule has 4 aromatic carbocycles. The van der Waals surface area contributed by atoms with Gasteiger partial charge in [0.15, 0.2) is 5.75 Å². The molecule has 0 saturated carbocycles. The van der Waals surface area contributed by atoms with Gasteiger partial charge in [-0.1, -0.05) is 6.07 Å². The summed E-state index contributed by atoms with van der Waals surface area (Å²) in [5.41, 5.74) is 11.9. The maximum atomic E-state index is 11.8. The number of hydrogen-bond donors (Lipinski definition) is 6. The monoisotopic (exact) mass is 518 g/mol. The van der Waals surface area contributed by atoms with Gasteiger partial charge in [0.2, 0.25) is 0 Å². The van der Waals surface area contributed by atoms with Gasteiger partial charge in [0.1, 0.15) is 26.9 Å². The minimum atomic E-state index is -4.72. The lowest BCUT2D eigenvalue weighted by Gasteiger charge is -2.12. The van der Waals surface area contributed by atoms with Gasteiger partial charge < -0.3 is 21.7 Å². The molecule has 0 aromatic heterocycles. The van der Waals surface area contributed by atoms with E-state index in [0.717, 1.165) is 6.07 Å². The zero-order chi connectivity index (χ0) is 25.9. The molecule has 4 rings (SSSR count). The van der Waals surface area contributed by atoms with Crippen molar-refractivity contribution < 1.29 is 36.2 Å². The molecule has 0 bridgehead atoms. The molecule has 8 N–H and O–H groups in total. The molecule has 14 heteroatoms. The molecular formula is C21H18N4O8S2. The number of phenolic OH excluding ortho intramolecular Hbond substituents is 2. The quantitative estimate of drug-likeness (QED) is 0.130. The van der Waals surface area contributed by atoms with Gasteiger partial charge in [0.05, 0.1) is 5.39 Å². The lowest BCUT2D eigenvalue weighted by atomic mass is 10.0. The lowest BCUT2D eigenvalue weighted by Crippen LogP contribution is -2.02. The van der Waals surface area contributed by atoms with Gasteiger partial charge in [-0.2, -0.15) is 16.8 Å². The van der Waals surface area contributed by atoms with Gasteiger partial charge in [0, 0.05) is 33.6 Å². The standard InChI is InChI=1S/C21H18N4O8S2/c1-9-6-16(34(28,29)30)12-4-5-14(21(27)18(12)19(9)23)24-25-20-11-3-2-10(22)7-13(11)17(8-15(20)26)35(31,32)33/h2-8,26-27H,22-23H2,1H3,(H,28,29,30)(H,31,32,33). The second-order valence-electron chi connectivity index (χ2n) is 7.66. The van der Waals surface area contributed by atoms with E-state index in [2.05, 4.69) is 10.2 Å². The average Bonchev–Trinajstić information content (AvgIpc) is 2.74. The largest absolute Gasteiger partial charge is 0.506 e. The maximum absolute atomic E-state index is 11.8. The van der Waals surface area contributed by atoms with Crippen molar-refractivity contribution in [3.05, 3.63) is 48.0 Å². The summed E-state index contributed by atoms with van der Waals surface area (Å²) in [6, 6.07) is 8.49. The molecule has 0 saturated heterocycles. The molecule has 35 heavy (non-hydrogen) atoms. The fraction of sp³-hybridized carbons (Fsp3) is 0.0476. The Balaban J connectivity index is 1.96. The van der Waals surface area contributed by atoms with Crippen LogP contribution in [-0.4, -0.2) is 36.2 Å². The highest BCUT2D eigenvalue weighted by atomic mass is 32.2. The summed E-state index contributed by atoms with van der Waals surface area (Å²) in [7, 11) is -9.36. The molecule has 0 aliphatic carbocycles. The van der Waals surface area contributed by atoms with Crippen molar-refractivity contribution in [3.8, 4) is 11.5 Å². The first-order valence-electron chi connectivity index (χ1n) is 9.67. The average molecular weight is 519 g/mol.